The molecule has 0 aliphatic heterocycles. The topological polar surface area (TPSA) is 47.8 Å². The molecule has 18 heavy (non-hydrogen) atoms. The van der Waals surface area contributed by atoms with E-state index in [2.05, 4.69) is 25.9 Å². The van der Waals surface area contributed by atoms with Crippen molar-refractivity contribution in [3.63, 3.8) is 0 Å². The second-order valence-electron chi connectivity index (χ2n) is 3.93. The first-order chi connectivity index (χ1) is 8.50. The summed E-state index contributed by atoms with van der Waals surface area (Å²) in [4.78, 5) is 19.8. The fourth-order valence-corrected chi connectivity index (χ4v) is 2.15. The molecule has 2 aromatic rings. The minimum atomic E-state index is -0.277. The summed E-state index contributed by atoms with van der Waals surface area (Å²) in [6, 6.07) is 1.79. The first-order valence-corrected chi connectivity index (χ1v) is 6.49. The monoisotopic (exact) mass is 327 g/mol. The Bertz CT molecular complexity index is 654. The molecule has 0 aliphatic rings. The maximum atomic E-state index is 11.9. The normalized spacial score (nSPS) is 10.7. The first kappa shape index (κ1) is 13.2. The van der Waals surface area contributed by atoms with Crippen LogP contribution in [0.2, 0.25) is 5.02 Å². The highest BCUT2D eigenvalue weighted by Gasteiger charge is 2.10. The molecule has 2 aromatic heterocycles. The smallest absolute Gasteiger partial charge is 0.291 e. The summed E-state index contributed by atoms with van der Waals surface area (Å²) in [7, 11) is 0. The van der Waals surface area contributed by atoms with Crippen LogP contribution in [0.25, 0.3) is 0 Å². The Kier molecular flexibility index (Phi) is 3.82. The Balaban J connectivity index is 2.51. The van der Waals surface area contributed by atoms with E-state index in [1.54, 1.807) is 30.0 Å². The third kappa shape index (κ3) is 2.47. The number of hydrogen-bond acceptors (Lipinski definition) is 3. The zero-order chi connectivity index (χ0) is 13.3. The molecule has 0 aromatic carbocycles. The lowest BCUT2D eigenvalue weighted by Gasteiger charge is -2.12. The third-order valence-corrected chi connectivity index (χ3v) is 4.21. The minimum absolute atomic E-state index is 0.277. The highest BCUT2D eigenvalue weighted by atomic mass is 79.9. The summed E-state index contributed by atoms with van der Waals surface area (Å²) in [6.45, 7) is 4.05. The van der Waals surface area contributed by atoms with Gasteiger partial charge in [0.25, 0.3) is 0 Å². The average Bonchev–Trinajstić information content (AvgIpc) is 2.34. The van der Waals surface area contributed by atoms with E-state index in [1.165, 1.54) is 0 Å². The number of hydrogen-bond donors (Lipinski definition) is 0. The minimum Gasteiger partial charge on any atom is -0.291 e. The Morgan fingerprint density at radius 1 is 1.44 bits per heavy atom. The van der Waals surface area contributed by atoms with Crippen LogP contribution in [0.1, 0.15) is 17.0 Å². The zero-order valence-electron chi connectivity index (χ0n) is 9.94. The molecule has 0 aliphatic carbocycles. The fraction of sp³-hybridized carbons (Fsp3) is 0.250. The molecule has 0 radical (unpaired) electrons. The Morgan fingerprint density at radius 3 is 2.83 bits per heavy atom. The van der Waals surface area contributed by atoms with Crippen molar-refractivity contribution < 1.29 is 0 Å². The van der Waals surface area contributed by atoms with Gasteiger partial charge in [0, 0.05) is 18.1 Å². The highest BCUT2D eigenvalue weighted by Crippen LogP contribution is 2.19. The van der Waals surface area contributed by atoms with Gasteiger partial charge in [0.15, 0.2) is 0 Å². The van der Waals surface area contributed by atoms with Crippen LogP contribution in [0.4, 0.5) is 0 Å². The number of aromatic nitrogens is 3. The summed E-state index contributed by atoms with van der Waals surface area (Å²) < 4.78 is 2.42. The second kappa shape index (κ2) is 5.20. The van der Waals surface area contributed by atoms with Gasteiger partial charge >= 0.3 is 5.69 Å². The predicted octanol–water partition coefficient (Wildman–Crippen LogP) is 2.72. The largest absolute Gasteiger partial charge is 0.348 e. The van der Waals surface area contributed by atoms with E-state index in [0.29, 0.717) is 17.3 Å². The van der Waals surface area contributed by atoms with Crippen LogP contribution < -0.4 is 5.69 Å². The number of rotatable bonds is 2. The Hall–Kier alpha value is -1.20. The lowest BCUT2D eigenvalue weighted by Crippen LogP contribution is -2.27. The van der Waals surface area contributed by atoms with E-state index < -0.39 is 0 Å². The molecule has 4 nitrogen and oxygen atoms in total. The molecule has 2 rings (SSSR count). The van der Waals surface area contributed by atoms with Crippen LogP contribution in [0.5, 0.6) is 0 Å². The van der Waals surface area contributed by atoms with E-state index in [1.807, 2.05) is 6.92 Å². The van der Waals surface area contributed by atoms with Crippen LogP contribution in [0.15, 0.2) is 27.7 Å². The van der Waals surface area contributed by atoms with Crippen molar-refractivity contribution in [1.29, 1.82) is 0 Å². The molecule has 0 saturated heterocycles. The van der Waals surface area contributed by atoms with Gasteiger partial charge in [-0.05, 0) is 41.4 Å². The van der Waals surface area contributed by atoms with Crippen LogP contribution in [-0.2, 0) is 6.54 Å². The van der Waals surface area contributed by atoms with Gasteiger partial charge in [-0.15, -0.1) is 0 Å². The van der Waals surface area contributed by atoms with Crippen molar-refractivity contribution in [3.05, 3.63) is 55.4 Å². The Morgan fingerprint density at radius 2 is 2.17 bits per heavy atom. The molecule has 0 atom stereocenters. The lowest BCUT2D eigenvalue weighted by atomic mass is 10.2. The average molecular weight is 329 g/mol. The summed E-state index contributed by atoms with van der Waals surface area (Å²) in [5.41, 5.74) is 2.09. The van der Waals surface area contributed by atoms with Gasteiger partial charge in [-0.3, -0.25) is 9.55 Å². The number of halogens is 2. The first-order valence-electron chi connectivity index (χ1n) is 5.32. The maximum Gasteiger partial charge on any atom is 0.348 e. The van der Waals surface area contributed by atoms with Crippen molar-refractivity contribution in [2.24, 2.45) is 0 Å². The van der Waals surface area contributed by atoms with Gasteiger partial charge in [0.1, 0.15) is 0 Å². The van der Waals surface area contributed by atoms with E-state index >= 15 is 0 Å². The highest BCUT2D eigenvalue weighted by molar-refractivity contribution is 9.10. The standard InChI is InChI=1S/C12H11BrClN3O/c1-7-11(13)8(2)17(12(18)16-7)6-9-3-4-15-5-10(9)14/h3-5H,6H2,1-2H3. The van der Waals surface area contributed by atoms with Crippen LogP contribution in [-0.4, -0.2) is 14.5 Å². The van der Waals surface area contributed by atoms with Crippen molar-refractivity contribution in [2.45, 2.75) is 20.4 Å². The fourth-order valence-electron chi connectivity index (χ4n) is 1.67. The van der Waals surface area contributed by atoms with Crippen LogP contribution >= 0.6 is 27.5 Å². The van der Waals surface area contributed by atoms with E-state index in [-0.39, 0.29) is 5.69 Å². The Labute approximate surface area is 118 Å². The van der Waals surface area contributed by atoms with Gasteiger partial charge in [-0.1, -0.05) is 11.6 Å². The SMILES string of the molecule is Cc1nc(=O)n(Cc2ccncc2Cl)c(C)c1Br. The molecule has 0 spiro atoms. The molecule has 0 fully saturated rings. The molecule has 0 unspecified atom stereocenters. The zero-order valence-corrected chi connectivity index (χ0v) is 12.3. The quantitative estimate of drug-likeness (QED) is 0.851. The van der Waals surface area contributed by atoms with E-state index in [4.69, 9.17) is 11.6 Å². The van der Waals surface area contributed by atoms with Gasteiger partial charge in [0.2, 0.25) is 0 Å². The van der Waals surface area contributed by atoms with Gasteiger partial charge < -0.3 is 0 Å². The molecular weight excluding hydrogens is 318 g/mol. The molecule has 6 heteroatoms. The third-order valence-electron chi connectivity index (χ3n) is 2.72. The molecule has 0 N–H and O–H groups in total. The summed E-state index contributed by atoms with van der Waals surface area (Å²) in [5.74, 6) is 0. The van der Waals surface area contributed by atoms with E-state index in [9.17, 15) is 4.79 Å². The van der Waals surface area contributed by atoms with Crippen molar-refractivity contribution in [1.82, 2.24) is 14.5 Å². The van der Waals surface area contributed by atoms with Crippen LogP contribution in [0, 0.1) is 13.8 Å². The number of aryl methyl sites for hydroxylation is 1. The van der Waals surface area contributed by atoms with Gasteiger partial charge in [-0.2, -0.15) is 4.98 Å². The lowest BCUT2D eigenvalue weighted by molar-refractivity contribution is 0.688. The van der Waals surface area contributed by atoms with Crippen LogP contribution in [0.3, 0.4) is 0 Å². The van der Waals surface area contributed by atoms with Crippen molar-refractivity contribution in [3.8, 4) is 0 Å². The molecular formula is C12H11BrClN3O. The molecule has 94 valence electrons. The van der Waals surface area contributed by atoms with Crippen molar-refractivity contribution >= 4 is 27.5 Å². The molecule has 0 bridgehead atoms. The van der Waals surface area contributed by atoms with Gasteiger partial charge in [0.05, 0.1) is 21.7 Å². The maximum absolute atomic E-state index is 11.9. The molecule has 0 saturated carbocycles. The summed E-state index contributed by atoms with van der Waals surface area (Å²) in [5, 5.41) is 0.542. The summed E-state index contributed by atoms with van der Waals surface area (Å²) in [6.07, 6.45) is 3.21. The van der Waals surface area contributed by atoms with Crippen molar-refractivity contribution in [2.75, 3.05) is 0 Å². The number of nitrogens with zero attached hydrogens (tertiary/aromatic N) is 3. The summed E-state index contributed by atoms with van der Waals surface area (Å²) >= 11 is 9.47. The molecule has 0 amide bonds. The predicted molar refractivity (Wildman–Crippen MR) is 74.0 cm³/mol. The second-order valence-corrected chi connectivity index (χ2v) is 5.13. The van der Waals surface area contributed by atoms with E-state index in [0.717, 1.165) is 15.7 Å². The van der Waals surface area contributed by atoms with Gasteiger partial charge in [-0.25, -0.2) is 4.79 Å². The molecule has 2 heterocycles. The number of pyridine rings is 1.